The van der Waals surface area contributed by atoms with Crippen molar-refractivity contribution in [2.75, 3.05) is 36.6 Å². The first-order valence-corrected chi connectivity index (χ1v) is 9.82. The van der Waals surface area contributed by atoms with E-state index in [9.17, 15) is 9.59 Å². The predicted octanol–water partition coefficient (Wildman–Crippen LogP) is 3.01. The number of nitrogens with zero attached hydrogens (tertiary/aromatic N) is 3. The van der Waals surface area contributed by atoms with E-state index in [1.165, 1.54) is 16.2 Å². The first-order valence-electron chi connectivity index (χ1n) is 8.94. The molecule has 9 nitrogen and oxygen atoms in total. The van der Waals surface area contributed by atoms with Gasteiger partial charge in [-0.05, 0) is 23.6 Å². The summed E-state index contributed by atoms with van der Waals surface area (Å²) in [7, 11) is 0. The van der Waals surface area contributed by atoms with Crippen molar-refractivity contribution in [3.8, 4) is 22.1 Å². The molecule has 4 heterocycles. The Kier molecular flexibility index (Phi) is 4.32. The SMILES string of the molecule is O=C(CN1CCN(c2ccc3c(c2)OCO3)C1=O)Nc1cc(-c2cccs2)no1. The van der Waals surface area contributed by atoms with Crippen molar-refractivity contribution in [3.63, 3.8) is 0 Å². The molecule has 0 radical (unpaired) electrons. The fraction of sp³-hybridized carbons (Fsp3) is 0.211. The molecule has 0 spiro atoms. The van der Waals surface area contributed by atoms with Crippen LogP contribution in [0.2, 0.25) is 0 Å². The maximum absolute atomic E-state index is 12.7. The number of thiophene rings is 1. The standard InChI is InChI=1S/C19H16N4O5S/c24-17(20-18-9-13(21-28-18)16-2-1-7-29-16)10-22-5-6-23(19(22)25)12-3-4-14-15(8-12)27-11-26-14/h1-4,7-9H,5-6,10-11H2,(H,20,24). The molecule has 1 N–H and O–H groups in total. The molecule has 0 aliphatic carbocycles. The van der Waals surface area contributed by atoms with Gasteiger partial charge in [0, 0.05) is 30.9 Å². The van der Waals surface area contributed by atoms with Crippen molar-refractivity contribution >= 4 is 34.8 Å². The minimum atomic E-state index is -0.347. The van der Waals surface area contributed by atoms with Gasteiger partial charge in [0.25, 0.3) is 0 Å². The van der Waals surface area contributed by atoms with Crippen molar-refractivity contribution in [2.45, 2.75) is 0 Å². The zero-order valence-corrected chi connectivity index (χ0v) is 16.0. The largest absolute Gasteiger partial charge is 0.454 e. The molecule has 0 saturated carbocycles. The van der Waals surface area contributed by atoms with Crippen LogP contribution >= 0.6 is 11.3 Å². The number of carbonyl (C=O) groups is 2. The van der Waals surface area contributed by atoms with Crippen LogP contribution in [-0.2, 0) is 4.79 Å². The van der Waals surface area contributed by atoms with Crippen molar-refractivity contribution in [1.82, 2.24) is 10.1 Å². The summed E-state index contributed by atoms with van der Waals surface area (Å²) in [6.07, 6.45) is 0. The quantitative estimate of drug-likeness (QED) is 0.692. The molecule has 29 heavy (non-hydrogen) atoms. The van der Waals surface area contributed by atoms with E-state index in [0.29, 0.717) is 36.0 Å². The van der Waals surface area contributed by atoms with Gasteiger partial charge < -0.3 is 18.9 Å². The Bertz CT molecular complexity index is 1060. The van der Waals surface area contributed by atoms with Gasteiger partial charge in [-0.25, -0.2) is 4.79 Å². The number of hydrogen-bond donors (Lipinski definition) is 1. The highest BCUT2D eigenvalue weighted by molar-refractivity contribution is 7.13. The molecule has 2 aliphatic rings. The van der Waals surface area contributed by atoms with E-state index < -0.39 is 0 Å². The number of rotatable bonds is 5. The third kappa shape index (κ3) is 3.38. The van der Waals surface area contributed by atoms with Gasteiger partial charge in [0.1, 0.15) is 12.2 Å². The van der Waals surface area contributed by atoms with Gasteiger partial charge >= 0.3 is 6.03 Å². The smallest absolute Gasteiger partial charge is 0.325 e. The third-order valence-electron chi connectivity index (χ3n) is 4.64. The Morgan fingerprint density at radius 1 is 1.17 bits per heavy atom. The molecule has 2 aromatic heterocycles. The highest BCUT2D eigenvalue weighted by Gasteiger charge is 2.32. The van der Waals surface area contributed by atoms with E-state index in [-0.39, 0.29) is 31.2 Å². The van der Waals surface area contributed by atoms with Crippen LogP contribution in [0.5, 0.6) is 11.5 Å². The number of anilines is 2. The van der Waals surface area contributed by atoms with Gasteiger partial charge in [-0.15, -0.1) is 11.3 Å². The summed E-state index contributed by atoms with van der Waals surface area (Å²) in [6, 6.07) is 10.6. The number of amides is 3. The van der Waals surface area contributed by atoms with Gasteiger partial charge in [0.15, 0.2) is 11.5 Å². The Balaban J connectivity index is 1.21. The number of fused-ring (bicyclic) bond motifs is 1. The second-order valence-corrected chi connectivity index (χ2v) is 7.44. The molecule has 148 valence electrons. The number of carbonyl (C=O) groups excluding carboxylic acids is 2. The van der Waals surface area contributed by atoms with E-state index in [2.05, 4.69) is 10.5 Å². The number of nitrogens with one attached hydrogen (secondary N) is 1. The minimum absolute atomic E-state index is 0.0745. The normalized spacial score (nSPS) is 15.2. The van der Waals surface area contributed by atoms with Crippen molar-refractivity contribution in [1.29, 1.82) is 0 Å². The molecule has 1 saturated heterocycles. The van der Waals surface area contributed by atoms with E-state index in [1.54, 1.807) is 29.2 Å². The molecule has 0 atom stereocenters. The monoisotopic (exact) mass is 412 g/mol. The average molecular weight is 412 g/mol. The number of aromatic nitrogens is 1. The molecular weight excluding hydrogens is 396 g/mol. The summed E-state index contributed by atoms with van der Waals surface area (Å²) < 4.78 is 15.8. The number of ether oxygens (including phenoxy) is 2. The number of hydrogen-bond acceptors (Lipinski definition) is 7. The highest BCUT2D eigenvalue weighted by atomic mass is 32.1. The Morgan fingerprint density at radius 2 is 2.07 bits per heavy atom. The van der Waals surface area contributed by atoms with Crippen LogP contribution in [0.1, 0.15) is 0 Å². The second kappa shape index (κ2) is 7.13. The predicted molar refractivity (Wildman–Crippen MR) is 105 cm³/mol. The topological polar surface area (TPSA) is 97.1 Å². The zero-order chi connectivity index (χ0) is 19.8. The van der Waals surface area contributed by atoms with Crippen molar-refractivity contribution < 1.29 is 23.6 Å². The zero-order valence-electron chi connectivity index (χ0n) is 15.2. The van der Waals surface area contributed by atoms with Crippen LogP contribution in [0.15, 0.2) is 46.3 Å². The molecule has 3 amide bonds. The maximum Gasteiger partial charge on any atom is 0.325 e. The first-order chi connectivity index (χ1) is 14.2. The number of benzene rings is 1. The van der Waals surface area contributed by atoms with Crippen molar-refractivity contribution in [2.24, 2.45) is 0 Å². The van der Waals surface area contributed by atoms with Gasteiger partial charge in [0.05, 0.1) is 4.88 Å². The van der Waals surface area contributed by atoms with Crippen LogP contribution in [0.4, 0.5) is 16.4 Å². The fourth-order valence-corrected chi connectivity index (χ4v) is 3.92. The maximum atomic E-state index is 12.7. The molecule has 1 fully saturated rings. The summed E-state index contributed by atoms with van der Waals surface area (Å²) in [4.78, 5) is 29.1. The molecule has 2 aliphatic heterocycles. The van der Waals surface area contributed by atoms with E-state index in [4.69, 9.17) is 14.0 Å². The third-order valence-corrected chi connectivity index (χ3v) is 5.54. The lowest BCUT2D eigenvalue weighted by molar-refractivity contribution is -0.116. The second-order valence-electron chi connectivity index (χ2n) is 6.50. The lowest BCUT2D eigenvalue weighted by atomic mass is 10.2. The van der Waals surface area contributed by atoms with Crippen LogP contribution in [0.3, 0.4) is 0 Å². The van der Waals surface area contributed by atoms with Gasteiger partial charge in [-0.2, -0.15) is 0 Å². The Hall–Kier alpha value is -3.53. The van der Waals surface area contributed by atoms with E-state index >= 15 is 0 Å². The lowest BCUT2D eigenvalue weighted by Gasteiger charge is -2.18. The lowest BCUT2D eigenvalue weighted by Crippen LogP contribution is -2.37. The van der Waals surface area contributed by atoms with Crippen LogP contribution in [0, 0.1) is 0 Å². The van der Waals surface area contributed by atoms with Crippen LogP contribution in [-0.4, -0.2) is 48.4 Å². The summed E-state index contributed by atoms with van der Waals surface area (Å²) >= 11 is 1.53. The molecule has 1 aromatic carbocycles. The summed E-state index contributed by atoms with van der Waals surface area (Å²) in [5.41, 5.74) is 1.36. The van der Waals surface area contributed by atoms with E-state index in [0.717, 1.165) is 4.88 Å². The number of urea groups is 1. The van der Waals surface area contributed by atoms with Crippen LogP contribution in [0.25, 0.3) is 10.6 Å². The van der Waals surface area contributed by atoms with Crippen molar-refractivity contribution in [3.05, 3.63) is 41.8 Å². The highest BCUT2D eigenvalue weighted by Crippen LogP contribution is 2.36. The molecular formula is C19H16N4O5S. The van der Waals surface area contributed by atoms with Gasteiger partial charge in [0.2, 0.25) is 18.6 Å². The minimum Gasteiger partial charge on any atom is -0.454 e. The van der Waals surface area contributed by atoms with E-state index in [1.807, 2.05) is 17.5 Å². The first kappa shape index (κ1) is 17.6. The molecule has 3 aromatic rings. The summed E-state index contributed by atoms with van der Waals surface area (Å²) in [5.74, 6) is 1.17. The Morgan fingerprint density at radius 3 is 2.93 bits per heavy atom. The molecule has 5 rings (SSSR count). The molecule has 0 unspecified atom stereocenters. The fourth-order valence-electron chi connectivity index (χ4n) is 3.25. The molecule has 0 bridgehead atoms. The average Bonchev–Trinajstić information content (AvgIpc) is 3.49. The van der Waals surface area contributed by atoms with Gasteiger partial charge in [-0.3, -0.25) is 15.0 Å². The summed E-state index contributed by atoms with van der Waals surface area (Å²) in [5, 5.41) is 8.53. The van der Waals surface area contributed by atoms with Gasteiger partial charge in [-0.1, -0.05) is 11.2 Å². The van der Waals surface area contributed by atoms with Crippen LogP contribution < -0.4 is 19.7 Å². The Labute approximate surface area is 169 Å². The summed E-state index contributed by atoms with van der Waals surface area (Å²) in [6.45, 7) is 1.03. The molecule has 10 heteroatoms.